The lowest BCUT2D eigenvalue weighted by molar-refractivity contribution is -0.0972. The van der Waals surface area contributed by atoms with Crippen molar-refractivity contribution in [3.63, 3.8) is 0 Å². The molecule has 3 aliphatic rings. The van der Waals surface area contributed by atoms with E-state index < -0.39 is 0 Å². The van der Waals surface area contributed by atoms with Crippen molar-refractivity contribution in [3.8, 4) is 0 Å². The SMILES string of the molecule is C1CCC(N2CC3(CCOCC3)C2)CNC1. The summed E-state index contributed by atoms with van der Waals surface area (Å²) in [6, 6.07) is 0.816. The molecule has 0 radical (unpaired) electrons. The third-order valence-electron chi connectivity index (χ3n) is 4.67. The highest BCUT2D eigenvalue weighted by atomic mass is 16.5. The Morgan fingerprint density at radius 3 is 2.75 bits per heavy atom. The Kier molecular flexibility index (Phi) is 3.18. The third-order valence-corrected chi connectivity index (χ3v) is 4.67. The number of ether oxygens (including phenoxy) is 1. The van der Waals surface area contributed by atoms with Gasteiger partial charge in [-0.25, -0.2) is 0 Å². The number of rotatable bonds is 1. The van der Waals surface area contributed by atoms with Crippen LogP contribution in [0.15, 0.2) is 0 Å². The fraction of sp³-hybridized carbons (Fsp3) is 1.00. The molecule has 0 aromatic carbocycles. The number of hydrogen-bond acceptors (Lipinski definition) is 3. The first-order valence-corrected chi connectivity index (χ1v) is 6.91. The van der Waals surface area contributed by atoms with Crippen molar-refractivity contribution in [1.82, 2.24) is 10.2 Å². The molecule has 0 saturated carbocycles. The van der Waals surface area contributed by atoms with Crippen LogP contribution in [0.2, 0.25) is 0 Å². The Labute approximate surface area is 98.5 Å². The van der Waals surface area contributed by atoms with E-state index in [-0.39, 0.29) is 0 Å². The Morgan fingerprint density at radius 1 is 1.12 bits per heavy atom. The Morgan fingerprint density at radius 2 is 1.94 bits per heavy atom. The van der Waals surface area contributed by atoms with Crippen molar-refractivity contribution in [3.05, 3.63) is 0 Å². The van der Waals surface area contributed by atoms with Gasteiger partial charge in [-0.3, -0.25) is 4.90 Å². The quantitative estimate of drug-likeness (QED) is 0.725. The molecule has 3 heterocycles. The van der Waals surface area contributed by atoms with Crippen LogP contribution in [0.5, 0.6) is 0 Å². The van der Waals surface area contributed by atoms with Crippen LogP contribution in [0, 0.1) is 5.41 Å². The van der Waals surface area contributed by atoms with E-state index in [1.54, 1.807) is 0 Å². The highest BCUT2D eigenvalue weighted by molar-refractivity contribution is 4.99. The van der Waals surface area contributed by atoms with E-state index in [9.17, 15) is 0 Å². The average Bonchev–Trinajstić information content (AvgIpc) is 2.55. The van der Waals surface area contributed by atoms with Crippen molar-refractivity contribution in [2.24, 2.45) is 5.41 Å². The van der Waals surface area contributed by atoms with Crippen LogP contribution in [-0.2, 0) is 4.74 Å². The van der Waals surface area contributed by atoms with E-state index >= 15 is 0 Å². The van der Waals surface area contributed by atoms with Crippen molar-refractivity contribution < 1.29 is 4.74 Å². The van der Waals surface area contributed by atoms with Gasteiger partial charge >= 0.3 is 0 Å². The van der Waals surface area contributed by atoms with E-state index in [0.29, 0.717) is 5.41 Å². The summed E-state index contributed by atoms with van der Waals surface area (Å²) < 4.78 is 5.47. The van der Waals surface area contributed by atoms with Crippen molar-refractivity contribution in [1.29, 1.82) is 0 Å². The summed E-state index contributed by atoms with van der Waals surface area (Å²) >= 11 is 0. The molecule has 0 aromatic rings. The molecule has 1 unspecified atom stereocenters. The molecule has 0 aliphatic carbocycles. The smallest absolute Gasteiger partial charge is 0.0472 e. The summed E-state index contributed by atoms with van der Waals surface area (Å²) in [5, 5.41) is 3.57. The second-order valence-corrected chi connectivity index (χ2v) is 5.87. The molecular weight excluding hydrogens is 200 g/mol. The molecule has 3 rings (SSSR count). The van der Waals surface area contributed by atoms with E-state index in [4.69, 9.17) is 4.74 Å². The molecule has 16 heavy (non-hydrogen) atoms. The first-order valence-electron chi connectivity index (χ1n) is 6.91. The number of hydrogen-bond donors (Lipinski definition) is 1. The lowest BCUT2D eigenvalue weighted by atomic mass is 9.72. The highest BCUT2D eigenvalue weighted by Gasteiger charge is 2.45. The van der Waals surface area contributed by atoms with Crippen LogP contribution in [0.1, 0.15) is 32.1 Å². The summed E-state index contributed by atoms with van der Waals surface area (Å²) in [6.45, 7) is 7.11. The molecule has 3 fully saturated rings. The van der Waals surface area contributed by atoms with Crippen LogP contribution in [0.3, 0.4) is 0 Å². The lowest BCUT2D eigenvalue weighted by Crippen LogP contribution is -2.62. The van der Waals surface area contributed by atoms with Gasteiger partial charge in [0.05, 0.1) is 0 Å². The van der Waals surface area contributed by atoms with Crippen molar-refractivity contribution in [2.75, 3.05) is 39.4 Å². The fourth-order valence-corrected chi connectivity index (χ4v) is 3.51. The molecule has 0 aromatic heterocycles. The molecule has 92 valence electrons. The predicted molar refractivity (Wildman–Crippen MR) is 64.6 cm³/mol. The monoisotopic (exact) mass is 224 g/mol. The Bertz CT molecular complexity index is 222. The normalized spacial score (nSPS) is 35.6. The molecular formula is C13H24N2O. The predicted octanol–water partition coefficient (Wildman–Crippen LogP) is 1.24. The van der Waals surface area contributed by atoms with Crippen LogP contribution in [0.25, 0.3) is 0 Å². The number of nitrogens with one attached hydrogen (secondary N) is 1. The maximum Gasteiger partial charge on any atom is 0.0472 e. The van der Waals surface area contributed by atoms with E-state index in [1.807, 2.05) is 0 Å². The maximum absolute atomic E-state index is 5.47. The molecule has 1 spiro atoms. The van der Waals surface area contributed by atoms with Gasteiger partial charge in [-0.15, -0.1) is 0 Å². The van der Waals surface area contributed by atoms with Gasteiger partial charge in [0.25, 0.3) is 0 Å². The fourth-order valence-electron chi connectivity index (χ4n) is 3.51. The first kappa shape index (κ1) is 11.0. The topological polar surface area (TPSA) is 24.5 Å². The molecule has 0 amide bonds. The van der Waals surface area contributed by atoms with Gasteiger partial charge in [-0.1, -0.05) is 6.42 Å². The Hall–Kier alpha value is -0.120. The zero-order valence-electron chi connectivity index (χ0n) is 10.2. The second-order valence-electron chi connectivity index (χ2n) is 5.87. The minimum absolute atomic E-state index is 0.643. The van der Waals surface area contributed by atoms with Gasteiger partial charge in [0.2, 0.25) is 0 Å². The van der Waals surface area contributed by atoms with Gasteiger partial charge < -0.3 is 10.1 Å². The summed E-state index contributed by atoms with van der Waals surface area (Å²) in [7, 11) is 0. The zero-order chi connectivity index (χ0) is 10.8. The van der Waals surface area contributed by atoms with Crippen molar-refractivity contribution >= 4 is 0 Å². The molecule has 1 atom stereocenters. The standard InChI is InChI=1S/C13H24N2O/c1-2-6-14-9-12(3-1)15-10-13(11-15)4-7-16-8-5-13/h12,14H,1-11H2. The minimum Gasteiger partial charge on any atom is -0.381 e. The Balaban J connectivity index is 1.51. The minimum atomic E-state index is 0.643. The average molecular weight is 224 g/mol. The van der Waals surface area contributed by atoms with Crippen molar-refractivity contribution in [2.45, 2.75) is 38.1 Å². The molecule has 0 bridgehead atoms. The van der Waals surface area contributed by atoms with Gasteiger partial charge in [-0.2, -0.15) is 0 Å². The molecule has 1 N–H and O–H groups in total. The molecule has 3 nitrogen and oxygen atoms in total. The maximum atomic E-state index is 5.47. The molecule has 3 aliphatic heterocycles. The van der Waals surface area contributed by atoms with Gasteiger partial charge in [0, 0.05) is 44.3 Å². The molecule has 3 saturated heterocycles. The number of nitrogens with zero attached hydrogens (tertiary/aromatic N) is 1. The second kappa shape index (κ2) is 4.63. The summed E-state index contributed by atoms with van der Waals surface area (Å²) in [5.41, 5.74) is 0.643. The third kappa shape index (κ3) is 2.13. The van der Waals surface area contributed by atoms with Crippen LogP contribution in [-0.4, -0.2) is 50.3 Å². The van der Waals surface area contributed by atoms with Gasteiger partial charge in [-0.05, 0) is 32.2 Å². The van der Waals surface area contributed by atoms with Gasteiger partial charge in [0.1, 0.15) is 0 Å². The summed E-state index contributed by atoms with van der Waals surface area (Å²) in [5.74, 6) is 0. The van der Waals surface area contributed by atoms with Gasteiger partial charge in [0.15, 0.2) is 0 Å². The first-order chi connectivity index (χ1) is 7.88. The lowest BCUT2D eigenvalue weighted by Gasteiger charge is -2.55. The van der Waals surface area contributed by atoms with Crippen LogP contribution in [0.4, 0.5) is 0 Å². The highest BCUT2D eigenvalue weighted by Crippen LogP contribution is 2.41. The van der Waals surface area contributed by atoms with Crippen LogP contribution < -0.4 is 5.32 Å². The number of likely N-dealkylation sites (tertiary alicyclic amines) is 1. The van der Waals surface area contributed by atoms with Crippen LogP contribution >= 0.6 is 0 Å². The molecule has 3 heteroatoms. The van der Waals surface area contributed by atoms with E-state index in [2.05, 4.69) is 10.2 Å². The van der Waals surface area contributed by atoms with E-state index in [1.165, 1.54) is 58.3 Å². The van der Waals surface area contributed by atoms with E-state index in [0.717, 1.165) is 19.3 Å². The zero-order valence-corrected chi connectivity index (χ0v) is 10.2. The summed E-state index contributed by atoms with van der Waals surface area (Å²) in [6.07, 6.45) is 6.76. The largest absolute Gasteiger partial charge is 0.381 e. The summed E-state index contributed by atoms with van der Waals surface area (Å²) in [4.78, 5) is 2.71.